The lowest BCUT2D eigenvalue weighted by Gasteiger charge is -2.15. The second-order valence-electron chi connectivity index (χ2n) is 5.98. The average molecular weight is 278 g/mol. The van der Waals surface area contributed by atoms with Gasteiger partial charge < -0.3 is 5.32 Å². The van der Waals surface area contributed by atoms with Gasteiger partial charge >= 0.3 is 0 Å². The summed E-state index contributed by atoms with van der Waals surface area (Å²) >= 11 is 0. The molecule has 1 aliphatic heterocycles. The molecule has 0 spiro atoms. The Labute approximate surface area is 124 Å². The van der Waals surface area contributed by atoms with Crippen LogP contribution in [0, 0.1) is 11.3 Å². The van der Waals surface area contributed by atoms with Crippen molar-refractivity contribution in [3.05, 3.63) is 52.3 Å². The minimum absolute atomic E-state index is 0.695. The molecule has 2 aliphatic rings. The first-order valence-electron chi connectivity index (χ1n) is 7.63. The Balaban J connectivity index is 1.66. The molecule has 1 aromatic heterocycles. The highest BCUT2D eigenvalue weighted by molar-refractivity contribution is 5.35. The largest absolute Gasteiger partial charge is 0.312 e. The van der Waals surface area contributed by atoms with Gasteiger partial charge in [-0.3, -0.25) is 4.68 Å². The SMILES string of the molecule is N#Cc1ccc(Cn2nc(C3CC3)c3c2CCNC3)cc1. The van der Waals surface area contributed by atoms with Gasteiger partial charge in [0.25, 0.3) is 0 Å². The zero-order valence-electron chi connectivity index (χ0n) is 12.0. The van der Waals surface area contributed by atoms with Gasteiger partial charge in [0.1, 0.15) is 0 Å². The number of hydrogen-bond acceptors (Lipinski definition) is 3. The van der Waals surface area contributed by atoms with Gasteiger partial charge in [-0.2, -0.15) is 10.4 Å². The van der Waals surface area contributed by atoms with E-state index in [0.717, 1.165) is 26.1 Å². The van der Waals surface area contributed by atoms with Crippen molar-refractivity contribution < 1.29 is 0 Å². The molecule has 0 radical (unpaired) electrons. The van der Waals surface area contributed by atoms with E-state index in [2.05, 4.69) is 16.1 Å². The summed E-state index contributed by atoms with van der Waals surface area (Å²) in [7, 11) is 0. The number of nitrogens with zero attached hydrogens (tertiary/aromatic N) is 3. The summed E-state index contributed by atoms with van der Waals surface area (Å²) in [5.41, 5.74) is 6.09. The van der Waals surface area contributed by atoms with Crippen LogP contribution in [0.3, 0.4) is 0 Å². The molecule has 4 heteroatoms. The average Bonchev–Trinajstić information content (AvgIpc) is 3.32. The van der Waals surface area contributed by atoms with E-state index in [1.165, 1.54) is 35.4 Å². The van der Waals surface area contributed by atoms with Gasteiger partial charge in [-0.05, 0) is 30.5 Å². The maximum atomic E-state index is 8.87. The zero-order valence-corrected chi connectivity index (χ0v) is 12.0. The molecule has 0 saturated heterocycles. The van der Waals surface area contributed by atoms with E-state index in [1.807, 2.05) is 24.3 Å². The Hall–Kier alpha value is -2.12. The maximum Gasteiger partial charge on any atom is 0.0991 e. The number of benzene rings is 1. The summed E-state index contributed by atoms with van der Waals surface area (Å²) in [6, 6.07) is 10.00. The number of nitriles is 1. The number of aromatic nitrogens is 2. The highest BCUT2D eigenvalue weighted by atomic mass is 15.3. The summed E-state index contributed by atoms with van der Waals surface area (Å²) in [5, 5.41) is 17.2. The minimum Gasteiger partial charge on any atom is -0.312 e. The lowest BCUT2D eigenvalue weighted by molar-refractivity contribution is 0.582. The lowest BCUT2D eigenvalue weighted by Crippen LogP contribution is -2.25. The number of rotatable bonds is 3. The fourth-order valence-corrected chi connectivity index (χ4v) is 3.12. The van der Waals surface area contributed by atoms with Crippen molar-refractivity contribution in [1.29, 1.82) is 5.26 Å². The smallest absolute Gasteiger partial charge is 0.0991 e. The molecule has 1 aromatic carbocycles. The van der Waals surface area contributed by atoms with Crippen LogP contribution in [-0.2, 0) is 19.5 Å². The Morgan fingerprint density at radius 3 is 2.81 bits per heavy atom. The fraction of sp³-hybridized carbons (Fsp3) is 0.412. The Morgan fingerprint density at radius 1 is 1.29 bits per heavy atom. The van der Waals surface area contributed by atoms with Crippen molar-refractivity contribution >= 4 is 0 Å². The van der Waals surface area contributed by atoms with Crippen molar-refractivity contribution in [2.24, 2.45) is 0 Å². The van der Waals surface area contributed by atoms with E-state index in [1.54, 1.807) is 0 Å². The molecule has 0 unspecified atom stereocenters. The van der Waals surface area contributed by atoms with Crippen molar-refractivity contribution in [2.75, 3.05) is 6.54 Å². The van der Waals surface area contributed by atoms with Crippen LogP contribution in [0.2, 0.25) is 0 Å². The van der Waals surface area contributed by atoms with Crippen LogP contribution >= 0.6 is 0 Å². The predicted octanol–water partition coefficient (Wildman–Crippen LogP) is 2.33. The predicted molar refractivity (Wildman–Crippen MR) is 79.9 cm³/mol. The highest BCUT2D eigenvalue weighted by Gasteiger charge is 2.32. The second-order valence-corrected chi connectivity index (χ2v) is 5.98. The first-order valence-corrected chi connectivity index (χ1v) is 7.63. The normalized spacial score (nSPS) is 17.3. The van der Waals surface area contributed by atoms with Crippen molar-refractivity contribution in [3.8, 4) is 6.07 Å². The van der Waals surface area contributed by atoms with Crippen molar-refractivity contribution in [1.82, 2.24) is 15.1 Å². The first kappa shape index (κ1) is 12.6. The van der Waals surface area contributed by atoms with Crippen LogP contribution in [-0.4, -0.2) is 16.3 Å². The van der Waals surface area contributed by atoms with Crippen LogP contribution in [0.4, 0.5) is 0 Å². The molecule has 4 nitrogen and oxygen atoms in total. The van der Waals surface area contributed by atoms with E-state index < -0.39 is 0 Å². The Bertz CT molecular complexity index is 702. The van der Waals surface area contributed by atoms with Gasteiger partial charge in [-0.15, -0.1) is 0 Å². The van der Waals surface area contributed by atoms with Gasteiger partial charge in [0.2, 0.25) is 0 Å². The monoisotopic (exact) mass is 278 g/mol. The van der Waals surface area contributed by atoms with Crippen molar-refractivity contribution in [3.63, 3.8) is 0 Å². The van der Waals surface area contributed by atoms with Crippen molar-refractivity contribution in [2.45, 2.75) is 38.3 Å². The Kier molecular flexibility index (Phi) is 3.01. The minimum atomic E-state index is 0.695. The molecule has 1 N–H and O–H groups in total. The zero-order chi connectivity index (χ0) is 14.2. The lowest BCUT2D eigenvalue weighted by atomic mass is 10.0. The maximum absolute atomic E-state index is 8.87. The molecule has 2 heterocycles. The number of fused-ring (bicyclic) bond motifs is 1. The topological polar surface area (TPSA) is 53.6 Å². The summed E-state index contributed by atoms with van der Waals surface area (Å²) in [6.07, 6.45) is 3.64. The standard InChI is InChI=1S/C17H18N4/c18-9-12-1-3-13(4-2-12)11-21-16-7-8-19-10-15(16)17(20-21)14-5-6-14/h1-4,14,19H,5-8,10-11H2. The van der Waals surface area contributed by atoms with Gasteiger partial charge in [0.05, 0.1) is 23.9 Å². The van der Waals surface area contributed by atoms with E-state index in [0.29, 0.717) is 11.5 Å². The third-order valence-corrected chi connectivity index (χ3v) is 4.42. The van der Waals surface area contributed by atoms with Gasteiger partial charge in [-0.1, -0.05) is 12.1 Å². The first-order chi connectivity index (χ1) is 10.3. The molecule has 106 valence electrons. The fourth-order valence-electron chi connectivity index (χ4n) is 3.12. The number of nitrogens with one attached hydrogen (secondary N) is 1. The Morgan fingerprint density at radius 2 is 2.10 bits per heavy atom. The quantitative estimate of drug-likeness (QED) is 0.937. The molecule has 0 bridgehead atoms. The summed E-state index contributed by atoms with van der Waals surface area (Å²) in [5.74, 6) is 0.695. The molecule has 0 amide bonds. The van der Waals surface area contributed by atoms with Crippen LogP contribution in [0.25, 0.3) is 0 Å². The third-order valence-electron chi connectivity index (χ3n) is 4.42. The van der Waals surface area contributed by atoms with E-state index in [-0.39, 0.29) is 0 Å². The molecular formula is C17H18N4. The molecule has 1 aliphatic carbocycles. The number of hydrogen-bond donors (Lipinski definition) is 1. The van der Waals surface area contributed by atoms with E-state index in [9.17, 15) is 0 Å². The van der Waals surface area contributed by atoms with Crippen LogP contribution in [0.15, 0.2) is 24.3 Å². The molecule has 21 heavy (non-hydrogen) atoms. The molecule has 1 saturated carbocycles. The molecule has 4 rings (SSSR count). The van der Waals surface area contributed by atoms with E-state index in [4.69, 9.17) is 10.4 Å². The molecular weight excluding hydrogens is 260 g/mol. The molecule has 2 aromatic rings. The van der Waals surface area contributed by atoms with Crippen LogP contribution in [0.1, 0.15) is 46.8 Å². The summed E-state index contributed by atoms with van der Waals surface area (Å²) in [4.78, 5) is 0. The van der Waals surface area contributed by atoms with Crippen LogP contribution < -0.4 is 5.32 Å². The third kappa shape index (κ3) is 2.34. The van der Waals surface area contributed by atoms with Gasteiger partial charge in [0.15, 0.2) is 0 Å². The van der Waals surface area contributed by atoms with Crippen LogP contribution in [0.5, 0.6) is 0 Å². The summed E-state index contributed by atoms with van der Waals surface area (Å²) in [6.45, 7) is 2.81. The second kappa shape index (κ2) is 5.01. The molecule has 0 atom stereocenters. The van der Waals surface area contributed by atoms with Gasteiger partial charge in [-0.25, -0.2) is 0 Å². The van der Waals surface area contributed by atoms with E-state index >= 15 is 0 Å². The van der Waals surface area contributed by atoms with Gasteiger partial charge in [0, 0.05) is 36.7 Å². The highest BCUT2D eigenvalue weighted by Crippen LogP contribution is 2.42. The molecule has 1 fully saturated rings. The summed E-state index contributed by atoms with van der Waals surface area (Å²) < 4.78 is 2.19.